The number of nitrogens with zero attached hydrogens (tertiary/aromatic N) is 1. The topological polar surface area (TPSA) is 118 Å². The number of aromatic nitrogens is 2. The average Bonchev–Trinajstić information content (AvgIpc) is 2.81. The lowest BCUT2D eigenvalue weighted by Crippen LogP contribution is -2.38. The van der Waals surface area contributed by atoms with Crippen LogP contribution in [0, 0.1) is 5.92 Å². The molecule has 8 heteroatoms. The first-order valence-electron chi connectivity index (χ1n) is 6.63. The van der Waals surface area contributed by atoms with Crippen molar-refractivity contribution in [3.63, 3.8) is 0 Å². The number of aromatic amines is 1. The van der Waals surface area contributed by atoms with Gasteiger partial charge in [0.2, 0.25) is 10.0 Å². The summed E-state index contributed by atoms with van der Waals surface area (Å²) in [6.07, 6.45) is 1.30. The number of H-pyrrole nitrogens is 1. The number of carbonyl (C=O) groups excluding carboxylic acids is 1. The van der Waals surface area contributed by atoms with Gasteiger partial charge in [0.15, 0.2) is 5.69 Å². The highest BCUT2D eigenvalue weighted by atomic mass is 32.2. The average molecular weight is 302 g/mol. The molecule has 7 nitrogen and oxygen atoms in total. The van der Waals surface area contributed by atoms with Crippen molar-refractivity contribution in [2.45, 2.75) is 51.5 Å². The summed E-state index contributed by atoms with van der Waals surface area (Å²) in [4.78, 5) is 11.9. The summed E-state index contributed by atoms with van der Waals surface area (Å²) in [7, 11) is -3.99. The lowest BCUT2D eigenvalue weighted by Gasteiger charge is -2.19. The van der Waals surface area contributed by atoms with Crippen LogP contribution in [-0.2, 0) is 16.4 Å². The molecule has 0 bridgehead atoms. The summed E-state index contributed by atoms with van der Waals surface area (Å²) in [6, 6.07) is -0.0809. The molecular formula is C12H22N4O3S. The number of amides is 1. The van der Waals surface area contributed by atoms with Crippen LogP contribution in [0.4, 0.5) is 0 Å². The largest absolute Gasteiger partial charge is 0.348 e. The SMILES string of the molecule is CCc1[nH]nc(C(=O)NC(C)C(C)CC)c1S(N)(=O)=O. The van der Waals surface area contributed by atoms with Gasteiger partial charge in [0.25, 0.3) is 5.91 Å². The summed E-state index contributed by atoms with van der Waals surface area (Å²) in [5, 5.41) is 14.3. The fraction of sp³-hybridized carbons (Fsp3) is 0.667. The van der Waals surface area contributed by atoms with E-state index >= 15 is 0 Å². The van der Waals surface area contributed by atoms with Gasteiger partial charge in [-0.25, -0.2) is 13.6 Å². The molecule has 20 heavy (non-hydrogen) atoms. The van der Waals surface area contributed by atoms with Crippen molar-refractivity contribution in [2.24, 2.45) is 11.1 Å². The highest BCUT2D eigenvalue weighted by Gasteiger charge is 2.27. The summed E-state index contributed by atoms with van der Waals surface area (Å²) in [5.74, 6) is -0.251. The van der Waals surface area contributed by atoms with E-state index in [0.29, 0.717) is 12.1 Å². The second kappa shape index (κ2) is 6.36. The van der Waals surface area contributed by atoms with Crippen LogP contribution < -0.4 is 10.5 Å². The second-order valence-corrected chi connectivity index (χ2v) is 6.42. The van der Waals surface area contributed by atoms with Gasteiger partial charge in [-0.15, -0.1) is 0 Å². The fourth-order valence-corrected chi connectivity index (χ4v) is 2.78. The van der Waals surface area contributed by atoms with Crippen molar-refractivity contribution in [1.29, 1.82) is 0 Å². The zero-order chi connectivity index (χ0) is 15.5. The molecule has 1 amide bonds. The summed E-state index contributed by atoms with van der Waals surface area (Å²) in [5.41, 5.74) is 0.174. The molecule has 1 aromatic rings. The Morgan fingerprint density at radius 1 is 1.40 bits per heavy atom. The van der Waals surface area contributed by atoms with Crippen LogP contribution in [0.25, 0.3) is 0 Å². The molecule has 1 rings (SSSR count). The zero-order valence-corrected chi connectivity index (χ0v) is 13.0. The molecule has 0 aromatic carbocycles. The van der Waals surface area contributed by atoms with Crippen LogP contribution in [0.5, 0.6) is 0 Å². The Morgan fingerprint density at radius 2 is 2.00 bits per heavy atom. The van der Waals surface area contributed by atoms with Crippen molar-refractivity contribution in [3.05, 3.63) is 11.4 Å². The lowest BCUT2D eigenvalue weighted by atomic mass is 10.0. The minimum Gasteiger partial charge on any atom is -0.348 e. The number of hydrogen-bond donors (Lipinski definition) is 3. The quantitative estimate of drug-likeness (QED) is 0.719. The van der Waals surface area contributed by atoms with Crippen LogP contribution >= 0.6 is 0 Å². The molecule has 0 aliphatic carbocycles. The molecule has 0 aliphatic heterocycles. The van der Waals surface area contributed by atoms with Gasteiger partial charge in [-0.3, -0.25) is 9.89 Å². The standard InChI is InChI=1S/C12H22N4O3S/c1-5-7(3)8(4)14-12(17)10-11(20(13,18)19)9(6-2)15-16-10/h7-8H,5-6H2,1-4H3,(H,14,17)(H,15,16)(H2,13,18,19). The monoisotopic (exact) mass is 302 g/mol. The second-order valence-electron chi connectivity index (χ2n) is 4.93. The van der Waals surface area contributed by atoms with Crippen molar-refractivity contribution < 1.29 is 13.2 Å². The van der Waals surface area contributed by atoms with E-state index < -0.39 is 15.9 Å². The maximum atomic E-state index is 12.2. The van der Waals surface area contributed by atoms with Gasteiger partial charge in [-0.2, -0.15) is 5.10 Å². The van der Waals surface area contributed by atoms with Gasteiger partial charge in [0.1, 0.15) is 4.90 Å². The Labute approximate surface area is 119 Å². The predicted octanol–water partition coefficient (Wildman–Crippen LogP) is 0.784. The van der Waals surface area contributed by atoms with Gasteiger partial charge < -0.3 is 5.32 Å². The number of aryl methyl sites for hydroxylation is 1. The number of nitrogens with one attached hydrogen (secondary N) is 2. The van der Waals surface area contributed by atoms with E-state index in [0.717, 1.165) is 6.42 Å². The van der Waals surface area contributed by atoms with Gasteiger partial charge in [0.05, 0.1) is 5.69 Å². The molecule has 0 spiro atoms. The molecular weight excluding hydrogens is 280 g/mol. The third-order valence-electron chi connectivity index (χ3n) is 3.50. The Hall–Kier alpha value is -1.41. The maximum absolute atomic E-state index is 12.2. The molecule has 2 atom stereocenters. The van der Waals surface area contributed by atoms with Crippen LogP contribution in [-0.4, -0.2) is 30.6 Å². The molecule has 2 unspecified atom stereocenters. The van der Waals surface area contributed by atoms with Crippen LogP contribution in [0.15, 0.2) is 4.90 Å². The highest BCUT2D eigenvalue weighted by molar-refractivity contribution is 7.89. The molecule has 0 saturated carbocycles. The maximum Gasteiger partial charge on any atom is 0.273 e. The van der Waals surface area contributed by atoms with Crippen molar-refractivity contribution in [1.82, 2.24) is 15.5 Å². The van der Waals surface area contributed by atoms with E-state index in [1.165, 1.54) is 0 Å². The van der Waals surface area contributed by atoms with Gasteiger partial charge in [-0.1, -0.05) is 27.2 Å². The fourth-order valence-electron chi connectivity index (χ4n) is 1.84. The third-order valence-corrected chi connectivity index (χ3v) is 4.51. The van der Waals surface area contributed by atoms with Gasteiger partial charge >= 0.3 is 0 Å². The lowest BCUT2D eigenvalue weighted by molar-refractivity contribution is 0.0919. The molecule has 0 fully saturated rings. The van der Waals surface area contributed by atoms with E-state index in [1.54, 1.807) is 6.92 Å². The van der Waals surface area contributed by atoms with E-state index in [9.17, 15) is 13.2 Å². The summed E-state index contributed by atoms with van der Waals surface area (Å²) >= 11 is 0. The van der Waals surface area contributed by atoms with Crippen LogP contribution in [0.3, 0.4) is 0 Å². The first-order valence-corrected chi connectivity index (χ1v) is 8.17. The Balaban J connectivity index is 3.09. The first kappa shape index (κ1) is 16.6. The van der Waals surface area contributed by atoms with Crippen LogP contribution in [0.1, 0.15) is 50.3 Å². The normalized spacial score (nSPS) is 14.8. The van der Waals surface area contributed by atoms with E-state index in [4.69, 9.17) is 5.14 Å². The van der Waals surface area contributed by atoms with E-state index in [-0.39, 0.29) is 22.5 Å². The van der Waals surface area contributed by atoms with Crippen molar-refractivity contribution in [2.75, 3.05) is 0 Å². The van der Waals surface area contributed by atoms with Gasteiger partial charge in [-0.05, 0) is 19.3 Å². The third kappa shape index (κ3) is 3.57. The van der Waals surface area contributed by atoms with E-state index in [1.807, 2.05) is 20.8 Å². The Bertz CT molecular complexity index is 580. The minimum atomic E-state index is -3.99. The minimum absolute atomic E-state index is 0.0809. The summed E-state index contributed by atoms with van der Waals surface area (Å²) in [6.45, 7) is 7.65. The number of sulfonamides is 1. The zero-order valence-electron chi connectivity index (χ0n) is 12.2. The number of carbonyl (C=O) groups is 1. The van der Waals surface area contributed by atoms with Crippen molar-refractivity contribution >= 4 is 15.9 Å². The molecule has 0 saturated heterocycles. The molecule has 0 aliphatic rings. The smallest absolute Gasteiger partial charge is 0.273 e. The number of hydrogen-bond acceptors (Lipinski definition) is 4. The van der Waals surface area contributed by atoms with E-state index in [2.05, 4.69) is 15.5 Å². The number of rotatable bonds is 6. The van der Waals surface area contributed by atoms with Crippen LogP contribution in [0.2, 0.25) is 0 Å². The van der Waals surface area contributed by atoms with Gasteiger partial charge in [0, 0.05) is 6.04 Å². The first-order chi connectivity index (χ1) is 9.22. The molecule has 1 aromatic heterocycles. The van der Waals surface area contributed by atoms with Crippen molar-refractivity contribution in [3.8, 4) is 0 Å². The molecule has 4 N–H and O–H groups in total. The molecule has 0 radical (unpaired) electrons. The number of nitrogens with two attached hydrogens (primary N) is 1. The Kier molecular flexibility index (Phi) is 5.29. The molecule has 1 heterocycles. The highest BCUT2D eigenvalue weighted by Crippen LogP contribution is 2.18. The number of primary sulfonamides is 1. The summed E-state index contributed by atoms with van der Waals surface area (Å²) < 4.78 is 23.2. The predicted molar refractivity (Wildman–Crippen MR) is 75.7 cm³/mol. The Morgan fingerprint density at radius 3 is 2.45 bits per heavy atom. The molecule has 114 valence electrons.